The topological polar surface area (TPSA) is 94.5 Å². The molecular weight excluding hydrogens is 450 g/mol. The summed E-state index contributed by atoms with van der Waals surface area (Å²) in [5.74, 6) is 0.0352. The number of rotatable bonds is 12. The molecule has 3 rings (SSSR count). The number of piperidine rings is 1. The Bertz CT molecular complexity index is 865. The fraction of sp³-hybridized carbons (Fsp3) is 0.630. The normalized spacial score (nSPS) is 19.6. The van der Waals surface area contributed by atoms with E-state index in [4.69, 9.17) is 18.9 Å². The number of carbonyl (C=O) groups is 2. The van der Waals surface area contributed by atoms with E-state index in [-0.39, 0.29) is 11.8 Å². The number of carboxylic acids is 1. The van der Waals surface area contributed by atoms with E-state index in [9.17, 15) is 14.7 Å². The van der Waals surface area contributed by atoms with Crippen LogP contribution in [0, 0.1) is 5.92 Å². The summed E-state index contributed by atoms with van der Waals surface area (Å²) >= 11 is 0. The molecule has 1 aliphatic carbocycles. The van der Waals surface area contributed by atoms with Crippen molar-refractivity contribution in [2.45, 2.75) is 63.3 Å². The minimum atomic E-state index is -0.934. The van der Waals surface area contributed by atoms with Crippen molar-refractivity contribution in [2.75, 3.05) is 40.6 Å². The minimum Gasteiger partial charge on any atom is -0.493 e. The molecule has 0 aromatic heterocycles. The summed E-state index contributed by atoms with van der Waals surface area (Å²) in [6.45, 7) is 5.21. The molecule has 0 radical (unpaired) electrons. The lowest BCUT2D eigenvalue weighted by molar-refractivity contribution is -0.153. The third-order valence-corrected chi connectivity index (χ3v) is 7.01. The van der Waals surface area contributed by atoms with Gasteiger partial charge in [-0.1, -0.05) is 25.3 Å². The van der Waals surface area contributed by atoms with Crippen LogP contribution in [0.25, 0.3) is 0 Å². The maximum Gasteiger partial charge on any atom is 0.326 e. The van der Waals surface area contributed by atoms with Gasteiger partial charge >= 0.3 is 5.97 Å². The number of ether oxygens (including phenoxy) is 4. The van der Waals surface area contributed by atoms with Gasteiger partial charge in [0.2, 0.25) is 11.7 Å². The molecule has 1 heterocycles. The molecule has 0 spiro atoms. The largest absolute Gasteiger partial charge is 0.493 e. The second kappa shape index (κ2) is 13.4. The fourth-order valence-corrected chi connectivity index (χ4v) is 5.33. The highest BCUT2D eigenvalue weighted by atomic mass is 16.5. The fourth-order valence-electron chi connectivity index (χ4n) is 5.33. The molecule has 35 heavy (non-hydrogen) atoms. The Morgan fingerprint density at radius 3 is 2.43 bits per heavy atom. The van der Waals surface area contributed by atoms with Crippen molar-refractivity contribution in [1.82, 2.24) is 4.90 Å². The van der Waals surface area contributed by atoms with Gasteiger partial charge in [-0.3, -0.25) is 4.79 Å². The van der Waals surface area contributed by atoms with Gasteiger partial charge in [0.15, 0.2) is 11.5 Å². The molecule has 2 atom stereocenters. The highest BCUT2D eigenvalue weighted by Gasteiger charge is 2.40. The van der Waals surface area contributed by atoms with E-state index in [0.717, 1.165) is 50.5 Å². The molecule has 1 saturated carbocycles. The van der Waals surface area contributed by atoms with Crippen molar-refractivity contribution in [3.63, 3.8) is 0 Å². The molecule has 1 N–H and O–H groups in total. The molecule has 2 aliphatic rings. The summed E-state index contributed by atoms with van der Waals surface area (Å²) in [5.41, 5.74) is 0.774. The first-order valence-electron chi connectivity index (χ1n) is 12.6. The molecule has 2 unspecified atom stereocenters. The van der Waals surface area contributed by atoms with E-state index in [1.54, 1.807) is 25.2 Å². The molecule has 8 nitrogen and oxygen atoms in total. The quantitative estimate of drug-likeness (QED) is 0.343. The van der Waals surface area contributed by atoms with Gasteiger partial charge in [0.25, 0.3) is 0 Å². The number of hydrogen-bond donors (Lipinski definition) is 1. The van der Waals surface area contributed by atoms with E-state index < -0.39 is 17.9 Å². The highest BCUT2D eigenvalue weighted by Crippen LogP contribution is 2.45. The number of aliphatic carboxylic acids is 1. The maximum atomic E-state index is 14.0. The van der Waals surface area contributed by atoms with Crippen LogP contribution in [0.3, 0.4) is 0 Å². The Balaban J connectivity index is 1.98. The third-order valence-electron chi connectivity index (χ3n) is 7.01. The van der Waals surface area contributed by atoms with Crippen LogP contribution >= 0.6 is 0 Å². The lowest BCUT2D eigenvalue weighted by Crippen LogP contribution is -2.50. The van der Waals surface area contributed by atoms with Crippen LogP contribution in [0.1, 0.15) is 62.8 Å². The van der Waals surface area contributed by atoms with Crippen molar-refractivity contribution in [3.8, 4) is 17.2 Å². The number of amides is 1. The first kappa shape index (κ1) is 26.9. The molecule has 2 fully saturated rings. The predicted molar refractivity (Wildman–Crippen MR) is 132 cm³/mol. The third kappa shape index (κ3) is 6.69. The molecule has 0 bridgehead atoms. The number of benzene rings is 1. The van der Waals surface area contributed by atoms with Crippen molar-refractivity contribution < 1.29 is 33.6 Å². The molecule has 194 valence electrons. The summed E-state index contributed by atoms with van der Waals surface area (Å²) in [5, 5.41) is 9.81. The highest BCUT2D eigenvalue weighted by molar-refractivity contribution is 5.89. The molecule has 1 aliphatic heterocycles. The second-order valence-corrected chi connectivity index (χ2v) is 9.22. The number of carbonyl (C=O) groups excluding carboxylic acids is 1. The number of likely N-dealkylation sites (tertiary alicyclic amines) is 1. The van der Waals surface area contributed by atoms with Gasteiger partial charge in [0, 0.05) is 6.54 Å². The summed E-state index contributed by atoms with van der Waals surface area (Å²) in [4.78, 5) is 27.6. The van der Waals surface area contributed by atoms with Gasteiger partial charge in [0.1, 0.15) is 12.6 Å². The Hall–Kier alpha value is -2.74. The summed E-state index contributed by atoms with van der Waals surface area (Å²) in [7, 11) is 3.11. The van der Waals surface area contributed by atoms with Gasteiger partial charge in [-0.25, -0.2) is 4.79 Å². The number of nitrogens with zero attached hydrogens (tertiary/aromatic N) is 1. The zero-order chi connectivity index (χ0) is 25.2. The molecular formula is C27H39NO7. The number of carboxylic acid groups (broad SMARTS) is 1. The lowest BCUT2D eigenvalue weighted by Gasteiger charge is -2.39. The second-order valence-electron chi connectivity index (χ2n) is 9.22. The summed E-state index contributed by atoms with van der Waals surface area (Å²) in [6, 6.07) is 2.92. The Morgan fingerprint density at radius 2 is 1.77 bits per heavy atom. The van der Waals surface area contributed by atoms with Crippen molar-refractivity contribution in [2.24, 2.45) is 5.92 Å². The van der Waals surface area contributed by atoms with E-state index in [1.165, 1.54) is 0 Å². The average Bonchev–Trinajstić information content (AvgIpc) is 2.88. The van der Waals surface area contributed by atoms with Gasteiger partial charge in [0.05, 0.1) is 33.4 Å². The van der Waals surface area contributed by atoms with Crippen molar-refractivity contribution in [3.05, 3.63) is 30.4 Å². The van der Waals surface area contributed by atoms with Crippen LogP contribution in [-0.2, 0) is 14.3 Å². The monoisotopic (exact) mass is 489 g/mol. The van der Waals surface area contributed by atoms with Gasteiger partial charge < -0.3 is 29.0 Å². The van der Waals surface area contributed by atoms with Crippen LogP contribution in [0.4, 0.5) is 0 Å². The van der Waals surface area contributed by atoms with E-state index >= 15 is 0 Å². The zero-order valence-corrected chi connectivity index (χ0v) is 21.0. The van der Waals surface area contributed by atoms with E-state index in [0.29, 0.717) is 50.0 Å². The smallest absolute Gasteiger partial charge is 0.326 e. The van der Waals surface area contributed by atoms with Gasteiger partial charge in [-0.15, -0.1) is 6.58 Å². The molecule has 1 saturated heterocycles. The first-order valence-corrected chi connectivity index (χ1v) is 12.6. The Kier molecular flexibility index (Phi) is 10.3. The Morgan fingerprint density at radius 1 is 1.06 bits per heavy atom. The summed E-state index contributed by atoms with van der Waals surface area (Å²) < 4.78 is 22.6. The van der Waals surface area contributed by atoms with Crippen LogP contribution in [-0.4, -0.2) is 68.5 Å². The maximum absolute atomic E-state index is 14.0. The number of hydrogen-bond acceptors (Lipinski definition) is 6. The van der Waals surface area contributed by atoms with Crippen LogP contribution in [0.15, 0.2) is 24.8 Å². The first-order chi connectivity index (χ1) is 17.0. The summed E-state index contributed by atoms with van der Waals surface area (Å²) in [6.07, 6.45) is 8.95. The number of methoxy groups -OCH3 is 2. The van der Waals surface area contributed by atoms with E-state index in [2.05, 4.69) is 6.58 Å². The van der Waals surface area contributed by atoms with Crippen molar-refractivity contribution >= 4 is 11.9 Å². The van der Waals surface area contributed by atoms with Gasteiger partial charge in [-0.05, 0) is 55.7 Å². The predicted octanol–water partition coefficient (Wildman–Crippen LogP) is 4.41. The van der Waals surface area contributed by atoms with Gasteiger partial charge in [-0.2, -0.15) is 0 Å². The molecule has 1 aromatic rings. The van der Waals surface area contributed by atoms with Crippen LogP contribution in [0.2, 0.25) is 0 Å². The van der Waals surface area contributed by atoms with E-state index in [1.807, 2.05) is 12.1 Å². The zero-order valence-electron chi connectivity index (χ0n) is 21.0. The molecule has 1 aromatic carbocycles. The SMILES string of the molecule is C=CCOCCOc1cc(C(C(=O)N2CCCCC2C(=O)O)C2CCCCC2)cc(OC)c1OC. The average molecular weight is 490 g/mol. The molecule has 8 heteroatoms. The van der Waals surface area contributed by atoms with Crippen LogP contribution in [0.5, 0.6) is 17.2 Å². The lowest BCUT2D eigenvalue weighted by atomic mass is 9.75. The van der Waals surface area contributed by atoms with Crippen molar-refractivity contribution in [1.29, 1.82) is 0 Å². The Labute approximate surface area is 208 Å². The minimum absolute atomic E-state index is 0.114. The van der Waals surface area contributed by atoms with Crippen LogP contribution < -0.4 is 14.2 Å². The standard InChI is InChI=1S/C27H39NO7/c1-4-14-34-15-16-35-23-18-20(17-22(32-2)25(23)33-3)24(19-10-6-5-7-11-19)26(29)28-13-9-8-12-21(28)27(30)31/h4,17-19,21,24H,1,5-16H2,2-3H3,(H,30,31). The molecule has 1 amide bonds.